The van der Waals surface area contributed by atoms with Gasteiger partial charge < -0.3 is 9.30 Å². The number of imidazole rings is 1. The van der Waals surface area contributed by atoms with Crippen LogP contribution in [0.2, 0.25) is 5.02 Å². The van der Waals surface area contributed by atoms with Gasteiger partial charge in [0.25, 0.3) is 0 Å². The maximum Gasteiger partial charge on any atom is 0.316 e. The molecule has 1 N–H and O–H groups in total. The molecule has 0 aliphatic rings. The normalized spacial score (nSPS) is 11.3. The van der Waals surface area contributed by atoms with Crippen molar-refractivity contribution in [3.63, 3.8) is 0 Å². The molecule has 0 saturated heterocycles. The third-order valence-electron chi connectivity index (χ3n) is 5.36. The molecule has 0 aliphatic heterocycles. The topological polar surface area (TPSA) is 108 Å². The Hall–Kier alpha value is -4.41. The third kappa shape index (κ3) is 5.55. The second kappa shape index (κ2) is 9.92. The van der Waals surface area contributed by atoms with Gasteiger partial charge in [-0.3, -0.25) is 9.52 Å². The predicted molar refractivity (Wildman–Crippen MR) is 142 cm³/mol. The highest BCUT2D eigenvalue weighted by atomic mass is 35.5. The fourth-order valence-corrected chi connectivity index (χ4v) is 4.35. The van der Waals surface area contributed by atoms with Crippen LogP contribution in [0.15, 0.2) is 103 Å². The summed E-state index contributed by atoms with van der Waals surface area (Å²) in [5.41, 5.74) is 2.78. The maximum atomic E-state index is 13.5. The molecule has 5 rings (SSSR count). The van der Waals surface area contributed by atoms with Crippen molar-refractivity contribution in [3.8, 4) is 34.0 Å². The molecular formula is C26H20ClN5O4S. The van der Waals surface area contributed by atoms with Gasteiger partial charge in [0.15, 0.2) is 0 Å². The van der Waals surface area contributed by atoms with Gasteiger partial charge in [0.1, 0.15) is 11.4 Å². The van der Waals surface area contributed by atoms with Gasteiger partial charge in [-0.1, -0.05) is 35.9 Å². The zero-order valence-corrected chi connectivity index (χ0v) is 21.0. The molecule has 3 aromatic carbocycles. The van der Waals surface area contributed by atoms with Gasteiger partial charge in [0.2, 0.25) is 15.8 Å². The summed E-state index contributed by atoms with van der Waals surface area (Å²) in [6.45, 7) is 0. The molecule has 0 unspecified atom stereocenters. The molecule has 9 nitrogen and oxygen atoms in total. The summed E-state index contributed by atoms with van der Waals surface area (Å²) in [7, 11) is -3.35. The Morgan fingerprint density at radius 1 is 0.919 bits per heavy atom. The third-order valence-corrected chi connectivity index (χ3v) is 6.22. The Morgan fingerprint density at radius 3 is 2.16 bits per heavy atom. The van der Waals surface area contributed by atoms with Crippen molar-refractivity contribution in [2.24, 2.45) is 0 Å². The molecule has 5 aromatic rings. The lowest BCUT2D eigenvalue weighted by atomic mass is 10.1. The lowest BCUT2D eigenvalue weighted by molar-refractivity contribution is 0.464. The molecule has 2 heterocycles. The highest BCUT2D eigenvalue weighted by Crippen LogP contribution is 2.28. The molecule has 0 atom stereocenters. The van der Waals surface area contributed by atoms with E-state index in [1.807, 2.05) is 24.3 Å². The zero-order chi connectivity index (χ0) is 26.0. The largest absolute Gasteiger partial charge is 0.449 e. The van der Waals surface area contributed by atoms with E-state index in [9.17, 15) is 13.2 Å². The molecule has 0 radical (unpaired) electrons. The first-order valence-electron chi connectivity index (χ1n) is 11.0. The van der Waals surface area contributed by atoms with Gasteiger partial charge in [-0.15, -0.1) is 0 Å². The average molecular weight is 534 g/mol. The fraction of sp³-hybridized carbons (Fsp3) is 0.0385. The smallest absolute Gasteiger partial charge is 0.316 e. The number of anilines is 1. The summed E-state index contributed by atoms with van der Waals surface area (Å²) in [5, 5.41) is 4.86. The van der Waals surface area contributed by atoms with Crippen LogP contribution in [0.3, 0.4) is 0 Å². The Bertz CT molecular complexity index is 1700. The van der Waals surface area contributed by atoms with Gasteiger partial charge in [-0.05, 0) is 59.7 Å². The predicted octanol–water partition coefficient (Wildman–Crippen LogP) is 4.90. The zero-order valence-electron chi connectivity index (χ0n) is 19.4. The number of aromatic nitrogens is 4. The lowest BCUT2D eigenvalue weighted by Gasteiger charge is -2.14. The maximum absolute atomic E-state index is 13.5. The van der Waals surface area contributed by atoms with Gasteiger partial charge in [-0.25, -0.2) is 13.4 Å². The lowest BCUT2D eigenvalue weighted by Crippen LogP contribution is -2.23. The molecule has 186 valence electrons. The quantitative estimate of drug-likeness (QED) is 0.319. The summed E-state index contributed by atoms with van der Waals surface area (Å²) in [5.74, 6) is 0.526. The van der Waals surface area contributed by atoms with Crippen LogP contribution >= 0.6 is 11.6 Å². The number of hydrogen-bond donors (Lipinski definition) is 1. The summed E-state index contributed by atoms with van der Waals surface area (Å²) in [6, 6.07) is 21.0. The van der Waals surface area contributed by atoms with Gasteiger partial charge >= 0.3 is 5.56 Å². The number of hydrogen-bond acceptors (Lipinski definition) is 6. The van der Waals surface area contributed by atoms with E-state index in [4.69, 9.17) is 16.3 Å². The number of halogens is 1. The van der Waals surface area contributed by atoms with Crippen LogP contribution in [0.25, 0.3) is 22.5 Å². The second-order valence-electron chi connectivity index (χ2n) is 8.10. The molecule has 0 bridgehead atoms. The van der Waals surface area contributed by atoms with Gasteiger partial charge in [-0.2, -0.15) is 9.78 Å². The molecule has 2 aromatic heterocycles. The van der Waals surface area contributed by atoms with E-state index >= 15 is 0 Å². The van der Waals surface area contributed by atoms with E-state index in [1.54, 1.807) is 71.8 Å². The minimum atomic E-state index is -3.35. The summed E-state index contributed by atoms with van der Waals surface area (Å²) < 4.78 is 34.3. The highest BCUT2D eigenvalue weighted by Gasteiger charge is 2.17. The minimum Gasteiger partial charge on any atom is -0.449 e. The monoisotopic (exact) mass is 533 g/mol. The van der Waals surface area contributed by atoms with Crippen LogP contribution < -0.4 is 15.0 Å². The Labute approximate surface area is 217 Å². The fourth-order valence-electron chi connectivity index (χ4n) is 3.65. The van der Waals surface area contributed by atoms with Crippen molar-refractivity contribution in [1.82, 2.24) is 19.3 Å². The van der Waals surface area contributed by atoms with Crippen molar-refractivity contribution in [2.45, 2.75) is 0 Å². The number of nitrogens with zero attached hydrogens (tertiary/aromatic N) is 4. The number of rotatable bonds is 7. The molecule has 0 amide bonds. The first-order chi connectivity index (χ1) is 17.8. The summed E-state index contributed by atoms with van der Waals surface area (Å²) >= 11 is 5.99. The van der Waals surface area contributed by atoms with E-state index in [-0.39, 0.29) is 5.75 Å². The van der Waals surface area contributed by atoms with Crippen molar-refractivity contribution >= 4 is 27.3 Å². The molecule has 0 saturated carbocycles. The van der Waals surface area contributed by atoms with Crippen LogP contribution in [0.4, 0.5) is 5.69 Å². The van der Waals surface area contributed by atoms with Crippen LogP contribution in [0.5, 0.6) is 11.5 Å². The van der Waals surface area contributed by atoms with Crippen molar-refractivity contribution in [3.05, 3.63) is 113 Å². The standard InChI is InChI=1S/C26H20ClN5O4S/c1-37(34,35)30-21-8-2-18(3-9-21)19-4-12-23(13-5-19)36-25-24(31-15-14-28-17-31)16-29-32(26(25)33)22-10-6-20(27)7-11-22/h2-17,30H,1H3. The Kier molecular flexibility index (Phi) is 6.51. The SMILES string of the molecule is CS(=O)(=O)Nc1ccc(-c2ccc(Oc3c(-n4ccnc4)cnn(-c4ccc(Cl)cc4)c3=O)cc2)cc1. The van der Waals surface area contributed by atoms with Crippen molar-refractivity contribution < 1.29 is 13.2 Å². The van der Waals surface area contributed by atoms with E-state index in [1.165, 1.54) is 10.9 Å². The second-order valence-corrected chi connectivity index (χ2v) is 10.3. The Morgan fingerprint density at radius 2 is 1.57 bits per heavy atom. The van der Waals surface area contributed by atoms with Crippen LogP contribution in [0, 0.1) is 0 Å². The van der Waals surface area contributed by atoms with Crippen LogP contribution in [-0.2, 0) is 10.0 Å². The van der Waals surface area contributed by atoms with Gasteiger partial charge in [0, 0.05) is 23.1 Å². The molecular weight excluding hydrogens is 514 g/mol. The highest BCUT2D eigenvalue weighted by molar-refractivity contribution is 7.92. The summed E-state index contributed by atoms with van der Waals surface area (Å²) in [4.78, 5) is 17.5. The molecule has 37 heavy (non-hydrogen) atoms. The number of benzene rings is 3. The van der Waals surface area contributed by atoms with E-state index < -0.39 is 15.6 Å². The molecule has 0 fully saturated rings. The van der Waals surface area contributed by atoms with Crippen molar-refractivity contribution in [2.75, 3.05) is 11.0 Å². The first-order valence-corrected chi connectivity index (χ1v) is 13.3. The van der Waals surface area contributed by atoms with Crippen molar-refractivity contribution in [1.29, 1.82) is 0 Å². The summed E-state index contributed by atoms with van der Waals surface area (Å²) in [6.07, 6.45) is 7.49. The molecule has 0 spiro atoms. The van der Waals surface area contributed by atoms with Crippen LogP contribution in [0.1, 0.15) is 0 Å². The van der Waals surface area contributed by atoms with E-state index in [2.05, 4.69) is 14.8 Å². The van der Waals surface area contributed by atoms with Crippen LogP contribution in [-0.4, -0.2) is 34.0 Å². The van der Waals surface area contributed by atoms with Gasteiger partial charge in [0.05, 0.1) is 24.5 Å². The number of ether oxygens (including phenoxy) is 1. The average Bonchev–Trinajstić information content (AvgIpc) is 3.41. The molecule has 0 aliphatic carbocycles. The van der Waals surface area contributed by atoms with E-state index in [0.717, 1.165) is 17.4 Å². The Balaban J connectivity index is 1.46. The number of nitrogens with one attached hydrogen (secondary N) is 1. The number of sulfonamides is 1. The van der Waals surface area contributed by atoms with E-state index in [0.29, 0.717) is 27.8 Å². The minimum absolute atomic E-state index is 0.0758. The molecule has 11 heteroatoms. The first kappa shape index (κ1) is 24.3.